The van der Waals surface area contributed by atoms with E-state index in [1.165, 1.54) is 12.8 Å². The number of aromatic nitrogens is 2. The molecule has 2 aromatic rings. The Bertz CT molecular complexity index is 855. The summed E-state index contributed by atoms with van der Waals surface area (Å²) < 4.78 is 1.88. The fraction of sp³-hybridized carbons (Fsp3) is 0.476. The SMILES string of the molecule is CC[C@@H](C(=O)N1CCc2c(c(C(=O)O)nn2CC2CC2)C1)c1ccccc1. The number of nitrogens with zero attached hydrogens (tertiary/aromatic N) is 3. The number of hydrogen-bond acceptors (Lipinski definition) is 3. The maximum absolute atomic E-state index is 13.2. The summed E-state index contributed by atoms with van der Waals surface area (Å²) in [6.07, 6.45) is 3.77. The van der Waals surface area contributed by atoms with E-state index in [2.05, 4.69) is 5.10 Å². The van der Waals surface area contributed by atoms with Crippen LogP contribution in [0.5, 0.6) is 0 Å². The number of amides is 1. The zero-order chi connectivity index (χ0) is 19.0. The first kappa shape index (κ1) is 17.8. The third-order valence-corrected chi connectivity index (χ3v) is 5.68. The Labute approximate surface area is 158 Å². The summed E-state index contributed by atoms with van der Waals surface area (Å²) in [6.45, 7) is 3.76. The predicted octanol–water partition coefficient (Wildman–Crippen LogP) is 3.07. The molecule has 6 nitrogen and oxygen atoms in total. The zero-order valence-electron chi connectivity index (χ0n) is 15.6. The van der Waals surface area contributed by atoms with Crippen molar-refractivity contribution in [2.45, 2.75) is 51.6 Å². The smallest absolute Gasteiger partial charge is 0.356 e. The van der Waals surface area contributed by atoms with Crippen LogP contribution in [0.1, 0.15) is 59.4 Å². The highest BCUT2D eigenvalue weighted by atomic mass is 16.4. The van der Waals surface area contributed by atoms with Crippen molar-refractivity contribution < 1.29 is 14.7 Å². The van der Waals surface area contributed by atoms with Gasteiger partial charge in [-0.3, -0.25) is 9.48 Å². The fourth-order valence-corrected chi connectivity index (χ4v) is 4.01. The molecule has 1 aromatic carbocycles. The van der Waals surface area contributed by atoms with Crippen LogP contribution < -0.4 is 0 Å². The fourth-order valence-electron chi connectivity index (χ4n) is 4.01. The molecule has 1 aliphatic carbocycles. The van der Waals surface area contributed by atoms with Gasteiger partial charge >= 0.3 is 5.97 Å². The van der Waals surface area contributed by atoms with Crippen LogP contribution in [0, 0.1) is 5.92 Å². The summed E-state index contributed by atoms with van der Waals surface area (Å²) in [5, 5.41) is 14.0. The number of carbonyl (C=O) groups excluding carboxylic acids is 1. The molecule has 1 saturated carbocycles. The van der Waals surface area contributed by atoms with Crippen molar-refractivity contribution in [3.8, 4) is 0 Å². The van der Waals surface area contributed by atoms with Gasteiger partial charge in [0, 0.05) is 37.3 Å². The monoisotopic (exact) mass is 367 g/mol. The summed E-state index contributed by atoms with van der Waals surface area (Å²) in [6, 6.07) is 9.81. The molecule has 0 bridgehead atoms. The Balaban J connectivity index is 1.59. The summed E-state index contributed by atoms with van der Waals surface area (Å²) >= 11 is 0. The van der Waals surface area contributed by atoms with Gasteiger partial charge in [0.1, 0.15) is 0 Å². The second kappa shape index (κ2) is 7.18. The molecular weight excluding hydrogens is 342 g/mol. The van der Waals surface area contributed by atoms with Gasteiger partial charge < -0.3 is 10.0 Å². The lowest BCUT2D eigenvalue weighted by molar-refractivity contribution is -0.133. The third kappa shape index (κ3) is 3.48. The minimum absolute atomic E-state index is 0.0700. The maximum atomic E-state index is 13.2. The van der Waals surface area contributed by atoms with Crippen molar-refractivity contribution in [2.75, 3.05) is 6.54 Å². The van der Waals surface area contributed by atoms with Gasteiger partial charge in [0.05, 0.1) is 5.92 Å². The van der Waals surface area contributed by atoms with Crippen molar-refractivity contribution in [1.82, 2.24) is 14.7 Å². The Morgan fingerprint density at radius 1 is 1.26 bits per heavy atom. The molecule has 2 heterocycles. The normalized spacial score (nSPS) is 17.4. The quantitative estimate of drug-likeness (QED) is 0.851. The van der Waals surface area contributed by atoms with Crippen LogP contribution in [0.4, 0.5) is 0 Å². The Kier molecular flexibility index (Phi) is 4.72. The van der Waals surface area contributed by atoms with Crippen LogP contribution in [0.25, 0.3) is 0 Å². The largest absolute Gasteiger partial charge is 0.476 e. The van der Waals surface area contributed by atoms with Crippen molar-refractivity contribution in [3.63, 3.8) is 0 Å². The van der Waals surface area contributed by atoms with Crippen molar-refractivity contribution >= 4 is 11.9 Å². The lowest BCUT2D eigenvalue weighted by Crippen LogP contribution is -2.39. The van der Waals surface area contributed by atoms with Gasteiger partial charge in [0.15, 0.2) is 5.69 Å². The lowest BCUT2D eigenvalue weighted by atomic mass is 9.93. The molecule has 0 spiro atoms. The highest BCUT2D eigenvalue weighted by Crippen LogP contribution is 2.33. The second-order valence-electron chi connectivity index (χ2n) is 7.59. The highest BCUT2D eigenvalue weighted by molar-refractivity contribution is 5.88. The molecule has 1 fully saturated rings. The number of carboxylic acid groups (broad SMARTS) is 1. The summed E-state index contributed by atoms with van der Waals surface area (Å²) in [5.74, 6) is -0.508. The molecule has 142 valence electrons. The number of aromatic carboxylic acids is 1. The molecule has 0 saturated heterocycles. The first-order valence-electron chi connectivity index (χ1n) is 9.74. The molecule has 0 unspecified atom stereocenters. The number of benzene rings is 1. The molecule has 27 heavy (non-hydrogen) atoms. The topological polar surface area (TPSA) is 75.4 Å². The maximum Gasteiger partial charge on any atom is 0.356 e. The molecular formula is C21H25N3O3. The second-order valence-corrected chi connectivity index (χ2v) is 7.59. The zero-order valence-corrected chi connectivity index (χ0v) is 15.6. The van der Waals surface area contributed by atoms with Gasteiger partial charge in [-0.2, -0.15) is 5.10 Å². The molecule has 6 heteroatoms. The number of hydrogen-bond donors (Lipinski definition) is 1. The number of carbonyl (C=O) groups is 2. The number of carboxylic acids is 1. The van der Waals surface area contributed by atoms with Crippen molar-refractivity contribution in [1.29, 1.82) is 0 Å². The molecule has 1 N–H and O–H groups in total. The third-order valence-electron chi connectivity index (χ3n) is 5.68. The van der Waals surface area contributed by atoms with E-state index in [9.17, 15) is 14.7 Å². The van der Waals surface area contributed by atoms with Gasteiger partial charge in [-0.15, -0.1) is 0 Å². The molecule has 0 radical (unpaired) electrons. The van der Waals surface area contributed by atoms with E-state index in [-0.39, 0.29) is 17.5 Å². The Hall–Kier alpha value is -2.63. The van der Waals surface area contributed by atoms with Crippen LogP contribution in [-0.2, 0) is 24.3 Å². The lowest BCUT2D eigenvalue weighted by Gasteiger charge is -2.31. The van der Waals surface area contributed by atoms with Gasteiger partial charge in [-0.1, -0.05) is 37.3 Å². The van der Waals surface area contributed by atoms with Crippen LogP contribution in [0.2, 0.25) is 0 Å². The van der Waals surface area contributed by atoms with E-state index in [0.717, 1.165) is 24.2 Å². The minimum Gasteiger partial charge on any atom is -0.476 e. The molecule has 1 amide bonds. The highest BCUT2D eigenvalue weighted by Gasteiger charge is 2.34. The average molecular weight is 367 g/mol. The van der Waals surface area contributed by atoms with Crippen LogP contribution in [0.15, 0.2) is 30.3 Å². The first-order valence-corrected chi connectivity index (χ1v) is 9.74. The van der Waals surface area contributed by atoms with E-state index < -0.39 is 5.97 Å². The molecule has 1 aliphatic heterocycles. The average Bonchev–Trinajstić information content (AvgIpc) is 3.42. The van der Waals surface area contributed by atoms with E-state index in [1.54, 1.807) is 4.90 Å². The van der Waals surface area contributed by atoms with E-state index in [0.29, 0.717) is 31.0 Å². The molecule has 4 rings (SSSR count). The van der Waals surface area contributed by atoms with Crippen molar-refractivity contribution in [2.24, 2.45) is 5.92 Å². The van der Waals surface area contributed by atoms with Gasteiger partial charge in [-0.05, 0) is 30.7 Å². The van der Waals surface area contributed by atoms with E-state index >= 15 is 0 Å². The number of fused-ring (bicyclic) bond motifs is 1. The van der Waals surface area contributed by atoms with Crippen LogP contribution in [-0.4, -0.2) is 38.2 Å². The summed E-state index contributed by atoms with van der Waals surface area (Å²) in [4.78, 5) is 26.7. The van der Waals surface area contributed by atoms with E-state index in [4.69, 9.17) is 0 Å². The molecule has 1 aromatic heterocycles. The molecule has 2 aliphatic rings. The Morgan fingerprint density at radius 2 is 2.00 bits per heavy atom. The van der Waals surface area contributed by atoms with E-state index in [1.807, 2.05) is 41.9 Å². The minimum atomic E-state index is -1.01. The predicted molar refractivity (Wildman–Crippen MR) is 101 cm³/mol. The van der Waals surface area contributed by atoms with Crippen LogP contribution >= 0.6 is 0 Å². The molecule has 1 atom stereocenters. The van der Waals surface area contributed by atoms with Gasteiger partial charge in [0.2, 0.25) is 5.91 Å². The van der Waals surface area contributed by atoms with Gasteiger partial charge in [0.25, 0.3) is 0 Å². The van der Waals surface area contributed by atoms with Crippen molar-refractivity contribution in [3.05, 3.63) is 52.8 Å². The van der Waals surface area contributed by atoms with Gasteiger partial charge in [-0.25, -0.2) is 4.79 Å². The summed E-state index contributed by atoms with van der Waals surface area (Å²) in [5.41, 5.74) is 2.83. The Morgan fingerprint density at radius 3 is 2.63 bits per heavy atom. The van der Waals surface area contributed by atoms with Crippen LogP contribution in [0.3, 0.4) is 0 Å². The summed E-state index contributed by atoms with van der Waals surface area (Å²) in [7, 11) is 0. The first-order chi connectivity index (χ1) is 13.1. The number of rotatable bonds is 6. The standard InChI is InChI=1S/C21H25N3O3/c1-2-16(15-6-4-3-5-7-15)20(25)23-11-10-18-17(13-23)19(21(26)27)22-24(18)12-14-8-9-14/h3-7,14,16H,2,8-13H2,1H3,(H,26,27)/t16-/m1/s1.